The Morgan fingerprint density at radius 1 is 0.480 bits per heavy atom. The van der Waals surface area contributed by atoms with Crippen LogP contribution in [0.1, 0.15) is 0 Å². The Morgan fingerprint density at radius 2 is 0.960 bits per heavy atom. The summed E-state index contributed by atoms with van der Waals surface area (Å²) in [5.74, 6) is 0. The van der Waals surface area contributed by atoms with Gasteiger partial charge in [0.05, 0.1) is 32.2 Å². The maximum atomic E-state index is 4.79. The van der Waals surface area contributed by atoms with Crippen molar-refractivity contribution in [2.45, 2.75) is 0 Å². The van der Waals surface area contributed by atoms with Crippen molar-refractivity contribution >= 4 is 33.1 Å². The first-order valence-corrected chi connectivity index (χ1v) is 9.01. The van der Waals surface area contributed by atoms with Crippen LogP contribution in [-0.4, -0.2) is 9.97 Å². The van der Waals surface area contributed by atoms with Crippen LogP contribution in [-0.2, 0) is 0 Å². The highest BCUT2D eigenvalue weighted by atomic mass is 32.1. The zero-order chi connectivity index (χ0) is 16.6. The predicted molar refractivity (Wildman–Crippen MR) is 106 cm³/mol. The van der Waals surface area contributed by atoms with Gasteiger partial charge in [0.1, 0.15) is 0 Å². The van der Waals surface area contributed by atoms with Crippen molar-refractivity contribution in [1.82, 2.24) is 9.97 Å². The zero-order valence-corrected chi connectivity index (χ0v) is 14.2. The Balaban J connectivity index is 1.57. The summed E-state index contributed by atoms with van der Waals surface area (Å²) in [6.07, 6.45) is 0. The lowest BCUT2D eigenvalue weighted by Crippen LogP contribution is -1.82. The number of pyridine rings is 2. The fourth-order valence-electron chi connectivity index (χ4n) is 3.02. The maximum Gasteiger partial charge on any atom is 0.0809 e. The van der Waals surface area contributed by atoms with Crippen LogP contribution in [0.3, 0.4) is 0 Å². The molecule has 0 atom stereocenters. The number of thiophene rings is 1. The van der Waals surface area contributed by atoms with Crippen molar-refractivity contribution in [1.29, 1.82) is 0 Å². The van der Waals surface area contributed by atoms with Gasteiger partial charge >= 0.3 is 0 Å². The molecule has 5 rings (SSSR count). The average molecular weight is 338 g/mol. The standard InChI is InChI=1S/C22H14N2S/c1-3-7-17-15(5-1)9-11-19(23-17)21-13-14-22(25-21)20-12-10-16-6-2-4-8-18(16)24-20/h1-14H. The molecule has 0 bridgehead atoms. The van der Waals surface area contributed by atoms with E-state index in [9.17, 15) is 0 Å². The molecule has 0 aliphatic rings. The molecule has 3 heteroatoms. The van der Waals surface area contributed by atoms with Crippen LogP contribution >= 0.6 is 11.3 Å². The number of rotatable bonds is 2. The van der Waals surface area contributed by atoms with Gasteiger partial charge in [-0.3, -0.25) is 0 Å². The molecule has 0 saturated heterocycles. The first-order chi connectivity index (χ1) is 12.4. The number of hydrogen-bond acceptors (Lipinski definition) is 3. The Bertz CT molecular complexity index is 1110. The van der Waals surface area contributed by atoms with E-state index in [1.54, 1.807) is 11.3 Å². The van der Waals surface area contributed by atoms with Gasteiger partial charge in [-0.25, -0.2) is 9.97 Å². The van der Waals surface area contributed by atoms with Crippen molar-refractivity contribution in [3.05, 3.63) is 84.9 Å². The molecule has 2 nitrogen and oxygen atoms in total. The third-order valence-electron chi connectivity index (χ3n) is 4.31. The molecule has 0 aliphatic heterocycles. The number of hydrogen-bond donors (Lipinski definition) is 0. The molecule has 118 valence electrons. The summed E-state index contributed by atoms with van der Waals surface area (Å²) >= 11 is 1.73. The molecule has 0 aliphatic carbocycles. The lowest BCUT2D eigenvalue weighted by molar-refractivity contribution is 1.42. The average Bonchev–Trinajstić information content (AvgIpc) is 3.17. The highest BCUT2D eigenvalue weighted by Crippen LogP contribution is 2.34. The molecule has 0 amide bonds. The summed E-state index contributed by atoms with van der Waals surface area (Å²) in [6.45, 7) is 0. The van der Waals surface area contributed by atoms with E-state index in [4.69, 9.17) is 9.97 Å². The molecule has 3 heterocycles. The van der Waals surface area contributed by atoms with Crippen LogP contribution in [0.25, 0.3) is 42.9 Å². The van der Waals surface area contributed by atoms with Crippen LogP contribution in [0, 0.1) is 0 Å². The van der Waals surface area contributed by atoms with E-state index in [0.29, 0.717) is 0 Å². The van der Waals surface area contributed by atoms with E-state index in [0.717, 1.165) is 32.2 Å². The SMILES string of the molecule is c1ccc2nc(-c3ccc(-c4ccc5ccccc5n4)s3)ccc2c1. The molecule has 0 fully saturated rings. The summed E-state index contributed by atoms with van der Waals surface area (Å²) in [7, 11) is 0. The third kappa shape index (κ3) is 2.59. The topological polar surface area (TPSA) is 25.8 Å². The molecule has 5 aromatic rings. The molecular formula is C22H14N2S. The lowest BCUT2D eigenvalue weighted by atomic mass is 10.2. The smallest absolute Gasteiger partial charge is 0.0809 e. The van der Waals surface area contributed by atoms with E-state index in [1.807, 2.05) is 24.3 Å². The number of fused-ring (bicyclic) bond motifs is 2. The van der Waals surface area contributed by atoms with E-state index < -0.39 is 0 Å². The van der Waals surface area contributed by atoms with Gasteiger partial charge < -0.3 is 0 Å². The molecular weight excluding hydrogens is 324 g/mol. The molecule has 0 N–H and O–H groups in total. The normalized spacial score (nSPS) is 11.2. The van der Waals surface area contributed by atoms with Gasteiger partial charge in [-0.05, 0) is 36.4 Å². The van der Waals surface area contributed by atoms with Crippen LogP contribution < -0.4 is 0 Å². The lowest BCUT2D eigenvalue weighted by Gasteiger charge is -2.01. The first-order valence-electron chi connectivity index (χ1n) is 8.19. The highest BCUT2D eigenvalue weighted by Gasteiger charge is 2.08. The highest BCUT2D eigenvalue weighted by molar-refractivity contribution is 7.18. The van der Waals surface area contributed by atoms with Crippen LogP contribution in [0.15, 0.2) is 84.9 Å². The summed E-state index contributed by atoms with van der Waals surface area (Å²) in [6, 6.07) is 29.1. The Kier molecular flexibility index (Phi) is 3.32. The van der Waals surface area contributed by atoms with Gasteiger partial charge in [-0.1, -0.05) is 48.5 Å². The number of benzene rings is 2. The summed E-state index contributed by atoms with van der Waals surface area (Å²) in [4.78, 5) is 11.9. The van der Waals surface area contributed by atoms with Crippen LogP contribution in [0.5, 0.6) is 0 Å². The van der Waals surface area contributed by atoms with Crippen LogP contribution in [0.2, 0.25) is 0 Å². The quantitative estimate of drug-likeness (QED) is 0.384. The van der Waals surface area contributed by atoms with Crippen molar-refractivity contribution in [3.63, 3.8) is 0 Å². The molecule has 0 unspecified atom stereocenters. The van der Waals surface area contributed by atoms with Gasteiger partial charge in [-0.15, -0.1) is 11.3 Å². The summed E-state index contributed by atoms with van der Waals surface area (Å²) in [5.41, 5.74) is 4.07. The molecule has 3 aromatic heterocycles. The largest absolute Gasteiger partial charge is 0.247 e. The van der Waals surface area contributed by atoms with Gasteiger partial charge in [-0.2, -0.15) is 0 Å². The third-order valence-corrected chi connectivity index (χ3v) is 5.44. The van der Waals surface area contributed by atoms with Crippen molar-refractivity contribution in [2.75, 3.05) is 0 Å². The number of aromatic nitrogens is 2. The molecule has 0 saturated carbocycles. The first kappa shape index (κ1) is 14.3. The maximum absolute atomic E-state index is 4.79. The monoisotopic (exact) mass is 338 g/mol. The van der Waals surface area contributed by atoms with Crippen molar-refractivity contribution in [2.24, 2.45) is 0 Å². The second-order valence-electron chi connectivity index (χ2n) is 5.94. The summed E-state index contributed by atoms with van der Waals surface area (Å²) in [5, 5.41) is 2.33. The van der Waals surface area contributed by atoms with Gasteiger partial charge in [0.2, 0.25) is 0 Å². The minimum Gasteiger partial charge on any atom is -0.247 e. The predicted octanol–water partition coefficient (Wildman–Crippen LogP) is 6.18. The van der Waals surface area contributed by atoms with Gasteiger partial charge in [0.15, 0.2) is 0 Å². The Hall–Kier alpha value is -3.04. The van der Waals surface area contributed by atoms with E-state index in [2.05, 4.69) is 60.7 Å². The van der Waals surface area contributed by atoms with Crippen LogP contribution in [0.4, 0.5) is 0 Å². The van der Waals surface area contributed by atoms with E-state index in [1.165, 1.54) is 10.8 Å². The van der Waals surface area contributed by atoms with Gasteiger partial charge in [0.25, 0.3) is 0 Å². The molecule has 25 heavy (non-hydrogen) atoms. The van der Waals surface area contributed by atoms with E-state index in [-0.39, 0.29) is 0 Å². The van der Waals surface area contributed by atoms with Crippen molar-refractivity contribution < 1.29 is 0 Å². The Morgan fingerprint density at radius 3 is 1.48 bits per heavy atom. The molecule has 0 radical (unpaired) electrons. The fraction of sp³-hybridized carbons (Fsp3) is 0. The summed E-state index contributed by atoms with van der Waals surface area (Å²) < 4.78 is 0. The minimum absolute atomic E-state index is 1.01. The second-order valence-corrected chi connectivity index (χ2v) is 7.03. The zero-order valence-electron chi connectivity index (χ0n) is 13.4. The molecule has 0 spiro atoms. The van der Waals surface area contributed by atoms with Gasteiger partial charge in [0, 0.05) is 10.8 Å². The number of nitrogens with zero attached hydrogens (tertiary/aromatic N) is 2. The number of para-hydroxylation sites is 2. The minimum atomic E-state index is 1.01. The van der Waals surface area contributed by atoms with Crippen molar-refractivity contribution in [3.8, 4) is 21.1 Å². The molecule has 2 aromatic carbocycles. The fourth-order valence-corrected chi connectivity index (χ4v) is 3.97. The Labute approximate surface area is 149 Å². The van der Waals surface area contributed by atoms with E-state index >= 15 is 0 Å². The second kappa shape index (κ2) is 5.80.